The third-order valence-electron chi connectivity index (χ3n) is 5.02. The molecule has 0 aliphatic rings. The molecule has 0 fully saturated rings. The molecule has 31 heavy (non-hydrogen) atoms. The number of aliphatic hydroxyl groups excluding tert-OH is 1. The molecule has 3 rings (SSSR count). The summed E-state index contributed by atoms with van der Waals surface area (Å²) in [7, 11) is 0. The van der Waals surface area contributed by atoms with Crippen molar-refractivity contribution in [3.63, 3.8) is 0 Å². The van der Waals surface area contributed by atoms with E-state index < -0.39 is 5.92 Å². The van der Waals surface area contributed by atoms with Crippen LogP contribution >= 0.6 is 0 Å². The molecule has 0 aliphatic carbocycles. The highest BCUT2D eigenvalue weighted by Gasteiger charge is 2.32. The molecule has 2 N–H and O–H groups in total. The molecule has 162 valence electrons. The molecule has 3 aromatic carbocycles. The fourth-order valence-corrected chi connectivity index (χ4v) is 3.16. The van der Waals surface area contributed by atoms with E-state index in [1.54, 1.807) is 30.3 Å². The number of halogens is 2. The minimum Gasteiger partial charge on any atom is -0.457 e. The van der Waals surface area contributed by atoms with Gasteiger partial charge in [-0.3, -0.25) is 4.79 Å². The Hall–Kier alpha value is -3.25. The molecule has 6 heteroatoms. The van der Waals surface area contributed by atoms with Crippen molar-refractivity contribution in [2.24, 2.45) is 0 Å². The summed E-state index contributed by atoms with van der Waals surface area (Å²) in [5, 5.41) is 13.4. The largest absolute Gasteiger partial charge is 0.457 e. The van der Waals surface area contributed by atoms with Gasteiger partial charge in [-0.1, -0.05) is 18.7 Å². The minimum atomic E-state index is -3.09. The van der Waals surface area contributed by atoms with Gasteiger partial charge in [-0.2, -0.15) is 8.78 Å². The fourth-order valence-electron chi connectivity index (χ4n) is 3.16. The first-order valence-electron chi connectivity index (χ1n) is 9.99. The quantitative estimate of drug-likeness (QED) is 0.449. The number of benzene rings is 3. The Labute approximate surface area is 180 Å². The van der Waals surface area contributed by atoms with Crippen LogP contribution in [0, 0.1) is 0 Å². The van der Waals surface area contributed by atoms with E-state index in [-0.39, 0.29) is 29.7 Å². The summed E-state index contributed by atoms with van der Waals surface area (Å²) >= 11 is 0. The topological polar surface area (TPSA) is 58.6 Å². The molecule has 1 amide bonds. The molecule has 0 unspecified atom stereocenters. The number of nitrogens with one attached hydrogen (secondary N) is 1. The molecule has 4 nitrogen and oxygen atoms in total. The van der Waals surface area contributed by atoms with Crippen LogP contribution in [0.1, 0.15) is 36.2 Å². The van der Waals surface area contributed by atoms with Crippen LogP contribution in [0.3, 0.4) is 0 Å². The fraction of sp³-hybridized carbons (Fsp3) is 0.240. The van der Waals surface area contributed by atoms with Gasteiger partial charge in [0.2, 0.25) is 0 Å². The van der Waals surface area contributed by atoms with Gasteiger partial charge in [-0.15, -0.1) is 0 Å². The average molecular weight is 425 g/mol. The predicted molar refractivity (Wildman–Crippen MR) is 118 cm³/mol. The first-order valence-corrected chi connectivity index (χ1v) is 9.99. The van der Waals surface area contributed by atoms with E-state index >= 15 is 0 Å². The molecule has 0 saturated carbocycles. The Morgan fingerprint density at radius 3 is 2.52 bits per heavy atom. The number of rotatable bonds is 8. The first-order chi connectivity index (χ1) is 14.7. The van der Waals surface area contributed by atoms with Gasteiger partial charge in [0.05, 0.1) is 0 Å². The van der Waals surface area contributed by atoms with Gasteiger partial charge in [0, 0.05) is 29.2 Å². The molecular formula is C25H25F2NO3. The van der Waals surface area contributed by atoms with E-state index in [0.29, 0.717) is 23.5 Å². The zero-order valence-corrected chi connectivity index (χ0v) is 17.5. The number of aliphatic hydroxyl groups is 1. The monoisotopic (exact) mass is 425 g/mol. The third kappa shape index (κ3) is 5.09. The molecule has 0 aromatic heterocycles. The Morgan fingerprint density at radius 2 is 1.87 bits per heavy atom. The standard InChI is InChI=1S/C25H25F2NO3/c1-16(2)25(26,27)20-8-10-21(11-9-20)31-23-6-4-5-18-15-19(7-12-22(18)23)24(30)28-17(3)13-14-29/h4-12,15,17,29H,1,13-14H2,2-3H3,(H,28,30)/t17-/m1/s1. The highest BCUT2D eigenvalue weighted by Crippen LogP contribution is 2.36. The highest BCUT2D eigenvalue weighted by atomic mass is 19.3. The number of amides is 1. The number of carbonyl (C=O) groups is 1. The normalized spacial score (nSPS) is 12.4. The summed E-state index contributed by atoms with van der Waals surface area (Å²) in [6, 6.07) is 16.2. The molecule has 0 bridgehead atoms. The Balaban J connectivity index is 1.82. The van der Waals surface area contributed by atoms with Crippen LogP contribution in [-0.4, -0.2) is 23.7 Å². The van der Waals surface area contributed by atoms with Crippen molar-refractivity contribution in [3.8, 4) is 11.5 Å². The van der Waals surface area contributed by atoms with Gasteiger partial charge in [0.1, 0.15) is 11.5 Å². The average Bonchev–Trinajstić information content (AvgIpc) is 2.74. The first kappa shape index (κ1) is 22.4. The predicted octanol–water partition coefficient (Wildman–Crippen LogP) is 5.80. The smallest absolute Gasteiger partial charge is 0.294 e. The van der Waals surface area contributed by atoms with Crippen LogP contribution < -0.4 is 10.1 Å². The number of fused-ring (bicyclic) bond motifs is 1. The summed E-state index contributed by atoms with van der Waals surface area (Å²) in [6.45, 7) is 6.48. The number of alkyl halides is 2. The summed E-state index contributed by atoms with van der Waals surface area (Å²) in [5.74, 6) is -2.34. The molecule has 0 heterocycles. The lowest BCUT2D eigenvalue weighted by Crippen LogP contribution is -2.33. The van der Waals surface area contributed by atoms with Gasteiger partial charge in [0.25, 0.3) is 11.8 Å². The van der Waals surface area contributed by atoms with Crippen LogP contribution in [0.15, 0.2) is 72.8 Å². The number of allylic oxidation sites excluding steroid dienone is 1. The van der Waals surface area contributed by atoms with Crippen molar-refractivity contribution >= 4 is 16.7 Å². The van der Waals surface area contributed by atoms with Crippen LogP contribution in [0.25, 0.3) is 10.8 Å². The lowest BCUT2D eigenvalue weighted by molar-refractivity contribution is 0.0385. The van der Waals surface area contributed by atoms with Crippen LogP contribution in [0.5, 0.6) is 11.5 Å². The highest BCUT2D eigenvalue weighted by molar-refractivity contribution is 6.00. The minimum absolute atomic E-state index is 0.00564. The van der Waals surface area contributed by atoms with Crippen molar-refractivity contribution in [2.45, 2.75) is 32.2 Å². The van der Waals surface area contributed by atoms with E-state index in [0.717, 1.165) is 10.8 Å². The van der Waals surface area contributed by atoms with Gasteiger partial charge in [-0.25, -0.2) is 0 Å². The molecule has 0 aliphatic heterocycles. The van der Waals surface area contributed by atoms with Crippen LogP contribution in [-0.2, 0) is 5.92 Å². The summed E-state index contributed by atoms with van der Waals surface area (Å²) in [5.41, 5.74) is 0.137. The van der Waals surface area contributed by atoms with Crippen LogP contribution in [0.2, 0.25) is 0 Å². The van der Waals surface area contributed by atoms with Crippen molar-refractivity contribution in [1.82, 2.24) is 5.32 Å². The molecule has 3 aromatic rings. The number of ether oxygens (including phenoxy) is 1. The van der Waals surface area contributed by atoms with E-state index in [1.807, 2.05) is 13.0 Å². The van der Waals surface area contributed by atoms with Crippen molar-refractivity contribution in [1.29, 1.82) is 0 Å². The lowest BCUT2D eigenvalue weighted by Gasteiger charge is -2.17. The summed E-state index contributed by atoms with van der Waals surface area (Å²) < 4.78 is 34.1. The maximum absolute atomic E-state index is 14.1. The zero-order valence-electron chi connectivity index (χ0n) is 17.5. The van der Waals surface area contributed by atoms with Gasteiger partial charge in [-0.05, 0) is 79.8 Å². The van der Waals surface area contributed by atoms with E-state index in [1.165, 1.54) is 31.2 Å². The van der Waals surface area contributed by atoms with Crippen LogP contribution in [0.4, 0.5) is 8.78 Å². The second kappa shape index (κ2) is 9.27. The summed E-state index contributed by atoms with van der Waals surface area (Å²) in [6.07, 6.45) is 0.481. The molecular weight excluding hydrogens is 400 g/mol. The van der Waals surface area contributed by atoms with Gasteiger partial charge in [0.15, 0.2) is 0 Å². The Bertz CT molecular complexity index is 1090. The maximum atomic E-state index is 14.1. The Kier molecular flexibility index (Phi) is 6.71. The molecule has 0 radical (unpaired) electrons. The number of carbonyl (C=O) groups excluding carboxylic acids is 1. The van der Waals surface area contributed by atoms with Crippen molar-refractivity contribution in [3.05, 3.63) is 83.9 Å². The number of hydrogen-bond acceptors (Lipinski definition) is 3. The van der Waals surface area contributed by atoms with E-state index in [4.69, 9.17) is 9.84 Å². The van der Waals surface area contributed by atoms with E-state index in [2.05, 4.69) is 11.9 Å². The Morgan fingerprint density at radius 1 is 1.16 bits per heavy atom. The second-order valence-corrected chi connectivity index (χ2v) is 7.56. The van der Waals surface area contributed by atoms with Gasteiger partial charge >= 0.3 is 0 Å². The van der Waals surface area contributed by atoms with E-state index in [9.17, 15) is 13.6 Å². The summed E-state index contributed by atoms with van der Waals surface area (Å²) in [4.78, 5) is 12.4. The lowest BCUT2D eigenvalue weighted by atomic mass is 10.0. The number of hydrogen-bond donors (Lipinski definition) is 2. The maximum Gasteiger partial charge on any atom is 0.294 e. The zero-order chi connectivity index (χ0) is 22.6. The third-order valence-corrected chi connectivity index (χ3v) is 5.02. The molecule has 0 spiro atoms. The van der Waals surface area contributed by atoms with Crippen molar-refractivity contribution in [2.75, 3.05) is 6.61 Å². The second-order valence-electron chi connectivity index (χ2n) is 7.56. The molecule has 1 atom stereocenters. The molecule has 0 saturated heterocycles. The SMILES string of the molecule is C=C(C)C(F)(F)c1ccc(Oc2cccc3cc(C(=O)N[C@H](C)CCO)ccc23)cc1. The van der Waals surface area contributed by atoms with Gasteiger partial charge < -0.3 is 15.2 Å². The van der Waals surface area contributed by atoms with Crippen molar-refractivity contribution < 1.29 is 23.4 Å².